The standard InChI is InChI=1S/C20H13Cl2N3O2S/c21-15-5-6-17(22)13(8-15)9-16-11-24-20(28-16)25-19(27)14(10-23)7-12-3-1-2-4-18(12)26/h1-8,11,26H,9H2,(H,24,25,27). The van der Waals surface area contributed by atoms with E-state index >= 15 is 0 Å². The van der Waals surface area contributed by atoms with Crippen LogP contribution in [0.1, 0.15) is 16.0 Å². The molecular formula is C20H13Cl2N3O2S. The number of aromatic nitrogens is 1. The predicted octanol–water partition coefficient (Wildman–Crippen LogP) is 5.29. The van der Waals surface area contributed by atoms with Gasteiger partial charge in [-0.1, -0.05) is 41.4 Å². The Hall–Kier alpha value is -2.85. The molecule has 0 fully saturated rings. The molecule has 0 unspecified atom stereocenters. The van der Waals surface area contributed by atoms with Crippen LogP contribution in [0.5, 0.6) is 5.75 Å². The van der Waals surface area contributed by atoms with Gasteiger partial charge in [0.15, 0.2) is 5.13 Å². The fourth-order valence-electron chi connectivity index (χ4n) is 2.39. The number of thiazole rings is 1. The van der Waals surface area contributed by atoms with Crippen molar-refractivity contribution in [2.75, 3.05) is 5.32 Å². The van der Waals surface area contributed by atoms with Gasteiger partial charge < -0.3 is 5.11 Å². The molecule has 3 rings (SSSR count). The smallest absolute Gasteiger partial charge is 0.268 e. The highest BCUT2D eigenvalue weighted by Gasteiger charge is 2.13. The number of phenolic OH excluding ortho intramolecular Hbond substituents is 1. The maximum Gasteiger partial charge on any atom is 0.268 e. The van der Waals surface area contributed by atoms with Gasteiger partial charge in [-0.3, -0.25) is 10.1 Å². The maximum absolute atomic E-state index is 12.4. The first-order valence-electron chi connectivity index (χ1n) is 8.06. The van der Waals surface area contributed by atoms with Crippen LogP contribution in [-0.4, -0.2) is 16.0 Å². The molecule has 1 aromatic heterocycles. The molecule has 2 aromatic carbocycles. The molecule has 0 radical (unpaired) electrons. The van der Waals surface area contributed by atoms with E-state index in [0.717, 1.165) is 10.4 Å². The quantitative estimate of drug-likeness (QED) is 0.425. The minimum absolute atomic E-state index is 0.0158. The van der Waals surface area contributed by atoms with Crippen molar-refractivity contribution in [3.05, 3.63) is 80.3 Å². The number of phenols is 1. The van der Waals surface area contributed by atoms with Crippen molar-refractivity contribution < 1.29 is 9.90 Å². The maximum atomic E-state index is 12.4. The molecule has 0 bridgehead atoms. The van der Waals surface area contributed by atoms with Gasteiger partial charge in [0.1, 0.15) is 17.4 Å². The van der Waals surface area contributed by atoms with E-state index in [1.807, 2.05) is 6.07 Å². The molecule has 0 saturated carbocycles. The SMILES string of the molecule is N#CC(=Cc1ccccc1O)C(=O)Nc1ncc(Cc2cc(Cl)ccc2Cl)s1. The molecule has 28 heavy (non-hydrogen) atoms. The van der Waals surface area contributed by atoms with E-state index in [1.54, 1.807) is 42.6 Å². The highest BCUT2D eigenvalue weighted by atomic mass is 35.5. The Balaban J connectivity index is 1.73. The first-order valence-corrected chi connectivity index (χ1v) is 9.63. The number of halogens is 2. The minimum Gasteiger partial charge on any atom is -0.507 e. The number of carbonyl (C=O) groups excluding carboxylic acids is 1. The fraction of sp³-hybridized carbons (Fsp3) is 0.0500. The highest BCUT2D eigenvalue weighted by molar-refractivity contribution is 7.15. The average Bonchev–Trinajstić information content (AvgIpc) is 3.10. The Kier molecular flexibility index (Phi) is 6.32. The summed E-state index contributed by atoms with van der Waals surface area (Å²) in [5.74, 6) is -0.620. The third-order valence-electron chi connectivity index (χ3n) is 3.75. The van der Waals surface area contributed by atoms with Crippen LogP contribution in [0.15, 0.2) is 54.2 Å². The van der Waals surface area contributed by atoms with Crippen molar-refractivity contribution in [1.82, 2.24) is 4.98 Å². The topological polar surface area (TPSA) is 86.0 Å². The monoisotopic (exact) mass is 429 g/mol. The highest BCUT2D eigenvalue weighted by Crippen LogP contribution is 2.27. The van der Waals surface area contributed by atoms with Crippen molar-refractivity contribution in [3.63, 3.8) is 0 Å². The zero-order valence-corrected chi connectivity index (χ0v) is 16.6. The third kappa shape index (κ3) is 4.90. The van der Waals surface area contributed by atoms with Gasteiger partial charge >= 0.3 is 0 Å². The van der Waals surface area contributed by atoms with Crippen molar-refractivity contribution in [1.29, 1.82) is 5.26 Å². The first kappa shape index (κ1) is 19.9. The molecule has 0 saturated heterocycles. The van der Waals surface area contributed by atoms with Gasteiger partial charge in [-0.2, -0.15) is 5.26 Å². The van der Waals surface area contributed by atoms with Crippen LogP contribution >= 0.6 is 34.5 Å². The van der Waals surface area contributed by atoms with Crippen LogP contribution in [0.4, 0.5) is 5.13 Å². The lowest BCUT2D eigenvalue weighted by atomic mass is 10.1. The summed E-state index contributed by atoms with van der Waals surface area (Å²) in [5, 5.41) is 23.2. The number of nitriles is 1. The summed E-state index contributed by atoms with van der Waals surface area (Å²) in [4.78, 5) is 17.4. The summed E-state index contributed by atoms with van der Waals surface area (Å²) in [5.41, 5.74) is 1.09. The summed E-state index contributed by atoms with van der Waals surface area (Å²) in [6, 6.07) is 13.5. The Labute approximate surface area is 175 Å². The summed E-state index contributed by atoms with van der Waals surface area (Å²) in [6.45, 7) is 0. The predicted molar refractivity (Wildman–Crippen MR) is 112 cm³/mol. The number of carbonyl (C=O) groups is 1. The zero-order valence-electron chi connectivity index (χ0n) is 14.3. The van der Waals surface area contributed by atoms with Gasteiger partial charge in [0.05, 0.1) is 0 Å². The van der Waals surface area contributed by atoms with Gasteiger partial charge in [0, 0.05) is 33.1 Å². The molecule has 0 atom stereocenters. The van der Waals surface area contributed by atoms with E-state index in [0.29, 0.717) is 27.2 Å². The molecule has 1 heterocycles. The number of nitrogens with zero attached hydrogens (tertiary/aromatic N) is 2. The third-order valence-corrected chi connectivity index (χ3v) is 5.26. The van der Waals surface area contributed by atoms with Crippen LogP contribution in [0.2, 0.25) is 10.0 Å². The number of hydrogen-bond donors (Lipinski definition) is 2. The second-order valence-electron chi connectivity index (χ2n) is 5.73. The minimum atomic E-state index is -0.604. The number of aromatic hydroxyl groups is 1. The molecule has 8 heteroatoms. The van der Waals surface area contributed by atoms with E-state index in [2.05, 4.69) is 10.3 Å². The van der Waals surface area contributed by atoms with Crippen LogP contribution in [-0.2, 0) is 11.2 Å². The van der Waals surface area contributed by atoms with Gasteiger partial charge in [0.2, 0.25) is 0 Å². The summed E-state index contributed by atoms with van der Waals surface area (Å²) in [6.07, 6.45) is 3.48. The molecular weight excluding hydrogens is 417 g/mol. The number of hydrogen-bond acceptors (Lipinski definition) is 5. The summed E-state index contributed by atoms with van der Waals surface area (Å²) < 4.78 is 0. The first-order chi connectivity index (χ1) is 13.5. The van der Waals surface area contributed by atoms with E-state index < -0.39 is 5.91 Å². The average molecular weight is 430 g/mol. The molecule has 1 amide bonds. The molecule has 2 N–H and O–H groups in total. The van der Waals surface area contributed by atoms with E-state index in [-0.39, 0.29) is 11.3 Å². The lowest BCUT2D eigenvalue weighted by molar-refractivity contribution is -0.112. The van der Waals surface area contributed by atoms with Crippen LogP contribution in [0, 0.1) is 11.3 Å². The van der Waals surface area contributed by atoms with Crippen LogP contribution in [0.25, 0.3) is 6.08 Å². The van der Waals surface area contributed by atoms with Gasteiger partial charge in [-0.25, -0.2) is 4.98 Å². The van der Waals surface area contributed by atoms with Crippen LogP contribution < -0.4 is 5.32 Å². The van der Waals surface area contributed by atoms with Crippen LogP contribution in [0.3, 0.4) is 0 Å². The Morgan fingerprint density at radius 1 is 1.29 bits per heavy atom. The van der Waals surface area contributed by atoms with Gasteiger partial charge in [-0.15, -0.1) is 11.3 Å². The Bertz CT molecular complexity index is 1100. The van der Waals surface area contributed by atoms with Crippen molar-refractivity contribution in [2.45, 2.75) is 6.42 Å². The van der Waals surface area contributed by atoms with E-state index in [9.17, 15) is 15.2 Å². The second kappa shape index (κ2) is 8.89. The summed E-state index contributed by atoms with van der Waals surface area (Å²) in [7, 11) is 0. The molecule has 5 nitrogen and oxygen atoms in total. The molecule has 0 aliphatic heterocycles. The molecule has 0 aliphatic rings. The number of amides is 1. The van der Waals surface area contributed by atoms with Crippen molar-refractivity contribution >= 4 is 51.7 Å². The zero-order chi connectivity index (χ0) is 20.1. The molecule has 0 spiro atoms. The van der Waals surface area contributed by atoms with Gasteiger partial charge in [0.25, 0.3) is 5.91 Å². The van der Waals surface area contributed by atoms with E-state index in [4.69, 9.17) is 23.2 Å². The van der Waals surface area contributed by atoms with E-state index in [1.165, 1.54) is 23.5 Å². The lowest BCUT2D eigenvalue weighted by Gasteiger charge is -2.03. The number of rotatable bonds is 5. The number of benzene rings is 2. The Morgan fingerprint density at radius 2 is 2.07 bits per heavy atom. The van der Waals surface area contributed by atoms with Crippen molar-refractivity contribution in [2.24, 2.45) is 0 Å². The summed E-state index contributed by atoms with van der Waals surface area (Å²) >= 11 is 13.5. The molecule has 0 aliphatic carbocycles. The normalized spacial score (nSPS) is 11.1. The van der Waals surface area contributed by atoms with Crippen molar-refractivity contribution in [3.8, 4) is 11.8 Å². The number of para-hydroxylation sites is 1. The largest absolute Gasteiger partial charge is 0.507 e. The van der Waals surface area contributed by atoms with Gasteiger partial charge in [-0.05, 0) is 35.9 Å². The number of nitrogens with one attached hydrogen (secondary N) is 1. The molecule has 3 aromatic rings. The second-order valence-corrected chi connectivity index (χ2v) is 7.69. The number of anilines is 1. The lowest BCUT2D eigenvalue weighted by Crippen LogP contribution is -2.13. The fourth-order valence-corrected chi connectivity index (χ4v) is 3.60. The Morgan fingerprint density at radius 3 is 2.82 bits per heavy atom. The molecule has 140 valence electrons.